The lowest BCUT2D eigenvalue weighted by Crippen LogP contribution is -2.14. The van der Waals surface area contributed by atoms with Crippen LogP contribution in [0.15, 0.2) is 18.3 Å². The summed E-state index contributed by atoms with van der Waals surface area (Å²) in [6, 6.07) is 3.71. The van der Waals surface area contributed by atoms with E-state index in [9.17, 15) is 0 Å². The molecule has 0 bridgehead atoms. The normalized spacial score (nSPS) is 13.6. The van der Waals surface area contributed by atoms with Crippen LogP contribution in [0.2, 0.25) is 0 Å². The van der Waals surface area contributed by atoms with Gasteiger partial charge in [-0.1, -0.05) is 39.0 Å². The highest BCUT2D eigenvalue weighted by Gasteiger charge is 2.25. The van der Waals surface area contributed by atoms with Crippen LogP contribution in [0.3, 0.4) is 0 Å². The Labute approximate surface area is 111 Å². The maximum Gasteiger partial charge on any atom is 0.149 e. The van der Waals surface area contributed by atoms with Gasteiger partial charge in [-0.05, 0) is 17.5 Å². The molecule has 0 aliphatic heterocycles. The molecule has 2 aromatic heterocycles. The fourth-order valence-corrected chi connectivity index (χ4v) is 2.56. The molecule has 4 nitrogen and oxygen atoms in total. The van der Waals surface area contributed by atoms with E-state index in [4.69, 9.17) is 5.73 Å². The van der Waals surface area contributed by atoms with Gasteiger partial charge in [0.25, 0.3) is 0 Å². The van der Waals surface area contributed by atoms with Crippen molar-refractivity contribution >= 4 is 17.2 Å². The van der Waals surface area contributed by atoms with E-state index in [1.165, 1.54) is 0 Å². The molecular weight excluding hydrogens is 244 g/mol. The molecule has 0 fully saturated rings. The Morgan fingerprint density at radius 3 is 2.50 bits per heavy atom. The molecule has 0 spiro atoms. The maximum absolute atomic E-state index is 5.57. The summed E-state index contributed by atoms with van der Waals surface area (Å²) in [6.07, 6.45) is 1.74. The van der Waals surface area contributed by atoms with Crippen molar-refractivity contribution in [2.24, 2.45) is 5.41 Å². The van der Waals surface area contributed by atoms with Crippen molar-refractivity contribution < 1.29 is 0 Å². The number of hydrogen-bond donors (Lipinski definition) is 1. The van der Waals surface area contributed by atoms with Gasteiger partial charge in [0.15, 0.2) is 0 Å². The number of pyridine rings is 1. The molecule has 0 unspecified atom stereocenters. The molecule has 2 N–H and O–H groups in total. The second-order valence-corrected chi connectivity index (χ2v) is 6.51. The summed E-state index contributed by atoms with van der Waals surface area (Å²) >= 11 is 1.62. The zero-order chi connectivity index (χ0) is 13.3. The van der Waals surface area contributed by atoms with E-state index in [0.29, 0.717) is 11.7 Å². The third kappa shape index (κ3) is 2.67. The molecule has 0 saturated carbocycles. The lowest BCUT2D eigenvalue weighted by molar-refractivity contribution is 0.337. The second kappa shape index (κ2) is 4.65. The Morgan fingerprint density at radius 2 is 1.94 bits per heavy atom. The van der Waals surface area contributed by atoms with E-state index in [2.05, 4.69) is 42.9 Å². The molecule has 2 aromatic rings. The molecule has 18 heavy (non-hydrogen) atoms. The Kier molecular flexibility index (Phi) is 3.34. The number of hydrogen-bond acceptors (Lipinski definition) is 5. The number of anilines is 1. The molecule has 5 heteroatoms. The Morgan fingerprint density at radius 1 is 1.22 bits per heavy atom. The fraction of sp³-hybridized carbons (Fsp3) is 0.462. The van der Waals surface area contributed by atoms with E-state index in [1.807, 2.05) is 6.07 Å². The van der Waals surface area contributed by atoms with Gasteiger partial charge in [0.1, 0.15) is 15.8 Å². The van der Waals surface area contributed by atoms with E-state index in [1.54, 1.807) is 23.6 Å². The van der Waals surface area contributed by atoms with Crippen LogP contribution in [0.1, 0.15) is 38.6 Å². The third-order valence-corrected chi connectivity index (χ3v) is 4.30. The van der Waals surface area contributed by atoms with E-state index < -0.39 is 0 Å². The predicted octanol–water partition coefficient (Wildman–Crippen LogP) is 3.33. The number of nitrogens with two attached hydrogens (primary N) is 1. The zero-order valence-electron chi connectivity index (χ0n) is 11.1. The van der Waals surface area contributed by atoms with Crippen molar-refractivity contribution in [3.63, 3.8) is 0 Å². The molecule has 0 amide bonds. The first-order chi connectivity index (χ1) is 8.38. The predicted molar refractivity (Wildman–Crippen MR) is 75.4 cm³/mol. The molecular formula is C13H18N4S. The molecule has 0 aliphatic carbocycles. The van der Waals surface area contributed by atoms with Gasteiger partial charge in [0.2, 0.25) is 0 Å². The lowest BCUT2D eigenvalue weighted by Gasteiger charge is -2.24. The van der Waals surface area contributed by atoms with Gasteiger partial charge in [-0.3, -0.25) is 0 Å². The Balaban J connectivity index is 2.28. The monoisotopic (exact) mass is 262 g/mol. The van der Waals surface area contributed by atoms with Crippen molar-refractivity contribution in [2.45, 2.75) is 33.6 Å². The smallest absolute Gasteiger partial charge is 0.149 e. The first-order valence-corrected chi connectivity index (χ1v) is 6.75. The minimum Gasteiger partial charge on any atom is -0.384 e. The summed E-state index contributed by atoms with van der Waals surface area (Å²) in [5.41, 5.74) is 6.73. The van der Waals surface area contributed by atoms with Crippen molar-refractivity contribution in [3.8, 4) is 10.6 Å². The highest BCUT2D eigenvalue weighted by molar-refractivity contribution is 7.14. The molecule has 0 aromatic carbocycles. The number of nitrogens with zero attached hydrogens (tertiary/aromatic N) is 3. The largest absolute Gasteiger partial charge is 0.384 e. The van der Waals surface area contributed by atoms with E-state index >= 15 is 0 Å². The second-order valence-electron chi connectivity index (χ2n) is 5.50. The molecule has 0 aliphatic rings. The van der Waals surface area contributed by atoms with Crippen LogP contribution >= 0.6 is 11.3 Å². The first kappa shape index (κ1) is 13.0. The van der Waals surface area contributed by atoms with Crippen molar-refractivity contribution in [3.05, 3.63) is 23.3 Å². The quantitative estimate of drug-likeness (QED) is 0.901. The van der Waals surface area contributed by atoms with Gasteiger partial charge in [-0.15, -0.1) is 10.2 Å². The van der Waals surface area contributed by atoms with Gasteiger partial charge >= 0.3 is 0 Å². The minimum atomic E-state index is 0.191. The van der Waals surface area contributed by atoms with Crippen molar-refractivity contribution in [1.29, 1.82) is 0 Å². The van der Waals surface area contributed by atoms with Crippen LogP contribution in [0.25, 0.3) is 10.6 Å². The highest BCUT2D eigenvalue weighted by atomic mass is 32.1. The number of rotatable bonds is 2. The van der Waals surface area contributed by atoms with Crippen molar-refractivity contribution in [1.82, 2.24) is 15.2 Å². The van der Waals surface area contributed by atoms with E-state index in [0.717, 1.165) is 15.6 Å². The van der Waals surface area contributed by atoms with Gasteiger partial charge in [-0.2, -0.15) is 0 Å². The summed E-state index contributed by atoms with van der Waals surface area (Å²) < 4.78 is 0. The van der Waals surface area contributed by atoms with Crippen molar-refractivity contribution in [2.75, 3.05) is 5.73 Å². The van der Waals surface area contributed by atoms with Crippen LogP contribution in [0.5, 0.6) is 0 Å². The molecule has 96 valence electrons. The standard InChI is InChI=1S/C13H18N4S/c1-8(13(2,3)4)11-16-17-12(18-11)9-5-6-10(14)15-7-9/h5-8H,1-4H3,(H2,14,15)/t8-/m1/s1. The molecule has 0 saturated heterocycles. The fourth-order valence-electron chi connectivity index (χ4n) is 1.43. The van der Waals surface area contributed by atoms with Crippen LogP contribution < -0.4 is 5.73 Å². The highest BCUT2D eigenvalue weighted by Crippen LogP contribution is 2.37. The first-order valence-electron chi connectivity index (χ1n) is 5.93. The summed E-state index contributed by atoms with van der Waals surface area (Å²) in [5.74, 6) is 0.900. The summed E-state index contributed by atoms with van der Waals surface area (Å²) in [7, 11) is 0. The number of aromatic nitrogens is 3. The van der Waals surface area contributed by atoms with Gasteiger partial charge < -0.3 is 5.73 Å². The molecule has 2 heterocycles. The Bertz CT molecular complexity index is 525. The molecule has 2 rings (SSSR count). The van der Waals surface area contributed by atoms with Crippen LogP contribution in [-0.4, -0.2) is 15.2 Å². The van der Waals surface area contributed by atoms with Crippen LogP contribution in [0, 0.1) is 5.41 Å². The maximum atomic E-state index is 5.57. The molecule has 1 atom stereocenters. The average molecular weight is 262 g/mol. The zero-order valence-corrected chi connectivity index (χ0v) is 12.0. The number of nitrogen functional groups attached to an aromatic ring is 1. The van der Waals surface area contributed by atoms with Gasteiger partial charge in [-0.25, -0.2) is 4.98 Å². The van der Waals surface area contributed by atoms with Gasteiger partial charge in [0, 0.05) is 17.7 Å². The van der Waals surface area contributed by atoms with E-state index in [-0.39, 0.29) is 5.41 Å². The van der Waals surface area contributed by atoms with Crippen LogP contribution in [0.4, 0.5) is 5.82 Å². The summed E-state index contributed by atoms with van der Waals surface area (Å²) in [5, 5.41) is 10.5. The minimum absolute atomic E-state index is 0.191. The summed E-state index contributed by atoms with van der Waals surface area (Å²) in [6.45, 7) is 8.82. The molecule has 0 radical (unpaired) electrons. The SMILES string of the molecule is C[C@H](c1nnc(-c2ccc(N)nc2)s1)C(C)(C)C. The topological polar surface area (TPSA) is 64.7 Å². The Hall–Kier alpha value is -1.49. The van der Waals surface area contributed by atoms with Crippen LogP contribution in [-0.2, 0) is 0 Å². The average Bonchev–Trinajstić information content (AvgIpc) is 2.77. The summed E-state index contributed by atoms with van der Waals surface area (Å²) in [4.78, 5) is 4.08. The lowest BCUT2D eigenvalue weighted by atomic mass is 9.83. The third-order valence-electron chi connectivity index (χ3n) is 3.14. The van der Waals surface area contributed by atoms with Gasteiger partial charge in [0.05, 0.1) is 0 Å².